The molecule has 0 bridgehead atoms. The predicted octanol–water partition coefficient (Wildman–Crippen LogP) is 3.27. The summed E-state index contributed by atoms with van der Waals surface area (Å²) in [6, 6.07) is 13.1. The lowest BCUT2D eigenvalue weighted by Crippen LogP contribution is -2.40. The van der Waals surface area contributed by atoms with E-state index in [9.17, 15) is 9.59 Å². The number of ether oxygens (including phenoxy) is 2. The number of hydrogen-bond donors (Lipinski definition) is 1. The molecule has 11 heteroatoms. The maximum atomic E-state index is 12.9. The van der Waals surface area contributed by atoms with E-state index in [4.69, 9.17) is 14.6 Å². The van der Waals surface area contributed by atoms with Crippen molar-refractivity contribution >= 4 is 22.6 Å². The lowest BCUT2D eigenvalue weighted by atomic mass is 9.93. The number of nitrogens with one attached hydrogen (secondary N) is 1. The lowest BCUT2D eigenvalue weighted by Gasteiger charge is -2.29. The van der Waals surface area contributed by atoms with Gasteiger partial charge in [-0.1, -0.05) is 12.1 Å². The summed E-state index contributed by atoms with van der Waals surface area (Å²) in [7, 11) is 3.48. The number of nitrogens with zero attached hydrogens (tertiary/aromatic N) is 6. The zero-order valence-electron chi connectivity index (χ0n) is 22.7. The standard InChI is InChI=1S/C29H33N7O4/c1-30-25-17-24-23(18-31-25)28(19-3-5-20(6-4-19)29(38)35-13-15-39-16-14-35)33-36(24)21-7-9-22(10-8-21)40-26-11-12-27(37)34(2)32-26/h3-6,11-12,17-18,21-22H,7-10,13-16H2,1-2H3,(H,30,31)/t21-,22+. The van der Waals surface area contributed by atoms with Crippen LogP contribution in [-0.4, -0.2) is 74.8 Å². The van der Waals surface area contributed by atoms with E-state index in [1.807, 2.05) is 48.5 Å². The van der Waals surface area contributed by atoms with Crippen molar-refractivity contribution in [2.75, 3.05) is 38.7 Å². The fraction of sp³-hybridized carbons (Fsp3) is 0.414. The maximum absolute atomic E-state index is 12.9. The molecule has 1 aromatic carbocycles. The summed E-state index contributed by atoms with van der Waals surface area (Å²) >= 11 is 0. The summed E-state index contributed by atoms with van der Waals surface area (Å²) in [5.74, 6) is 1.28. The number of aromatic nitrogens is 5. The van der Waals surface area contributed by atoms with Crippen molar-refractivity contribution in [2.45, 2.75) is 37.8 Å². The third-order valence-electron chi connectivity index (χ3n) is 7.76. The smallest absolute Gasteiger partial charge is 0.266 e. The second-order valence-electron chi connectivity index (χ2n) is 10.3. The van der Waals surface area contributed by atoms with E-state index in [0.717, 1.165) is 53.7 Å². The second kappa shape index (κ2) is 11.1. The zero-order chi connectivity index (χ0) is 27.6. The van der Waals surface area contributed by atoms with Gasteiger partial charge < -0.3 is 19.7 Å². The number of benzene rings is 1. The van der Waals surface area contributed by atoms with Crippen LogP contribution in [0.4, 0.5) is 5.82 Å². The Hall–Kier alpha value is -4.25. The number of pyridine rings is 1. The lowest BCUT2D eigenvalue weighted by molar-refractivity contribution is 0.0303. The molecule has 0 unspecified atom stereocenters. The molecule has 4 aromatic rings. The fourth-order valence-corrected chi connectivity index (χ4v) is 5.50. The molecule has 1 N–H and O–H groups in total. The maximum Gasteiger partial charge on any atom is 0.266 e. The van der Waals surface area contributed by atoms with Crippen LogP contribution in [0.25, 0.3) is 22.2 Å². The Balaban J connectivity index is 1.23. The number of fused-ring (bicyclic) bond motifs is 1. The van der Waals surface area contributed by atoms with Crippen molar-refractivity contribution in [3.8, 4) is 17.1 Å². The van der Waals surface area contributed by atoms with E-state index in [1.54, 1.807) is 13.1 Å². The molecule has 1 saturated heterocycles. The Bertz CT molecular complexity index is 1570. The first-order valence-corrected chi connectivity index (χ1v) is 13.7. The van der Waals surface area contributed by atoms with Gasteiger partial charge in [-0.25, -0.2) is 9.67 Å². The van der Waals surface area contributed by atoms with Gasteiger partial charge in [0.1, 0.15) is 17.6 Å². The molecule has 4 heterocycles. The molecule has 0 spiro atoms. The Kier molecular flexibility index (Phi) is 7.21. The highest BCUT2D eigenvalue weighted by atomic mass is 16.5. The van der Waals surface area contributed by atoms with E-state index in [1.165, 1.54) is 10.7 Å². The number of carbonyl (C=O) groups excluding carboxylic acids is 1. The van der Waals surface area contributed by atoms with Crippen molar-refractivity contribution in [3.63, 3.8) is 0 Å². The van der Waals surface area contributed by atoms with Crippen LogP contribution in [-0.2, 0) is 11.8 Å². The number of morpholine rings is 1. The number of amides is 1. The largest absolute Gasteiger partial charge is 0.473 e. The average Bonchev–Trinajstić information content (AvgIpc) is 3.38. The summed E-state index contributed by atoms with van der Waals surface area (Å²) in [5, 5.41) is 13.4. The molecular weight excluding hydrogens is 510 g/mol. The minimum Gasteiger partial charge on any atom is -0.473 e. The van der Waals surface area contributed by atoms with E-state index >= 15 is 0 Å². The summed E-state index contributed by atoms with van der Waals surface area (Å²) < 4.78 is 14.9. The van der Waals surface area contributed by atoms with Crippen LogP contribution in [0.1, 0.15) is 42.1 Å². The van der Waals surface area contributed by atoms with Gasteiger partial charge in [0.05, 0.1) is 24.8 Å². The molecule has 2 fully saturated rings. The molecule has 11 nitrogen and oxygen atoms in total. The molecule has 2 aliphatic rings. The van der Waals surface area contributed by atoms with E-state index in [2.05, 4.69) is 20.1 Å². The van der Waals surface area contributed by atoms with Crippen LogP contribution >= 0.6 is 0 Å². The van der Waals surface area contributed by atoms with Crippen LogP contribution in [0.3, 0.4) is 0 Å². The minimum absolute atomic E-state index is 0.0254. The number of hydrogen-bond acceptors (Lipinski definition) is 8. The number of aryl methyl sites for hydroxylation is 1. The zero-order valence-corrected chi connectivity index (χ0v) is 22.7. The van der Waals surface area contributed by atoms with Crippen molar-refractivity contribution < 1.29 is 14.3 Å². The summed E-state index contributed by atoms with van der Waals surface area (Å²) in [6.45, 7) is 2.38. The fourth-order valence-electron chi connectivity index (χ4n) is 5.50. The van der Waals surface area contributed by atoms with Crippen molar-refractivity contribution in [2.24, 2.45) is 7.05 Å². The molecule has 3 aromatic heterocycles. The van der Waals surface area contributed by atoms with Gasteiger partial charge in [-0.3, -0.25) is 14.3 Å². The molecule has 6 rings (SSSR count). The molecule has 1 aliphatic carbocycles. The molecular formula is C29H33N7O4. The number of carbonyl (C=O) groups is 1. The molecule has 0 atom stereocenters. The Labute approximate surface area is 231 Å². The Morgan fingerprint density at radius 3 is 2.48 bits per heavy atom. The quantitative estimate of drug-likeness (QED) is 0.394. The highest BCUT2D eigenvalue weighted by Crippen LogP contribution is 2.36. The molecule has 0 radical (unpaired) electrons. The van der Waals surface area contributed by atoms with Crippen molar-refractivity contribution in [1.29, 1.82) is 0 Å². The van der Waals surface area contributed by atoms with Crippen molar-refractivity contribution in [1.82, 2.24) is 29.4 Å². The van der Waals surface area contributed by atoms with E-state index in [-0.39, 0.29) is 23.6 Å². The van der Waals surface area contributed by atoms with Crippen LogP contribution < -0.4 is 15.6 Å². The first-order valence-electron chi connectivity index (χ1n) is 13.7. The monoisotopic (exact) mass is 543 g/mol. The predicted molar refractivity (Wildman–Crippen MR) is 151 cm³/mol. The average molecular weight is 544 g/mol. The highest BCUT2D eigenvalue weighted by molar-refractivity contribution is 5.97. The molecule has 1 amide bonds. The summed E-state index contributed by atoms with van der Waals surface area (Å²) in [4.78, 5) is 31.0. The van der Waals surface area contributed by atoms with Gasteiger partial charge in [-0.05, 0) is 37.8 Å². The molecule has 208 valence electrons. The van der Waals surface area contributed by atoms with Gasteiger partial charge in [-0.15, -0.1) is 5.10 Å². The van der Waals surface area contributed by atoms with Crippen LogP contribution in [0.2, 0.25) is 0 Å². The van der Waals surface area contributed by atoms with Gasteiger partial charge in [0.2, 0.25) is 5.88 Å². The first kappa shape index (κ1) is 26.0. The summed E-state index contributed by atoms with van der Waals surface area (Å²) in [6.07, 6.45) is 5.41. The van der Waals surface area contributed by atoms with Crippen LogP contribution in [0, 0.1) is 0 Å². The van der Waals surface area contributed by atoms with Gasteiger partial charge in [0, 0.05) is 68.1 Å². The number of anilines is 1. The van der Waals surface area contributed by atoms with Gasteiger partial charge in [0.15, 0.2) is 0 Å². The van der Waals surface area contributed by atoms with Crippen molar-refractivity contribution in [3.05, 3.63) is 64.6 Å². The summed E-state index contributed by atoms with van der Waals surface area (Å²) in [5.41, 5.74) is 3.32. The Morgan fingerprint density at radius 1 is 1.02 bits per heavy atom. The normalized spacial score (nSPS) is 19.5. The minimum atomic E-state index is -0.161. The molecule has 1 saturated carbocycles. The Morgan fingerprint density at radius 2 is 1.77 bits per heavy atom. The van der Waals surface area contributed by atoms with Crippen LogP contribution in [0.5, 0.6) is 5.88 Å². The van der Waals surface area contributed by atoms with E-state index < -0.39 is 0 Å². The first-order chi connectivity index (χ1) is 19.5. The van der Waals surface area contributed by atoms with Gasteiger partial charge in [-0.2, -0.15) is 5.10 Å². The highest BCUT2D eigenvalue weighted by Gasteiger charge is 2.27. The topological polar surface area (TPSA) is 116 Å². The third kappa shape index (κ3) is 5.16. The van der Waals surface area contributed by atoms with E-state index in [0.29, 0.717) is 37.7 Å². The number of rotatable bonds is 6. The SMILES string of the molecule is CNc1cc2c(cn1)c(-c1ccc(C(=O)N3CCOCC3)cc1)nn2[C@H]1CC[C@@H](Oc2ccc(=O)n(C)n2)CC1. The van der Waals surface area contributed by atoms with Gasteiger partial charge in [0.25, 0.3) is 11.5 Å². The van der Waals surface area contributed by atoms with Crippen LogP contribution in [0.15, 0.2) is 53.5 Å². The third-order valence-corrected chi connectivity index (χ3v) is 7.76. The molecule has 1 aliphatic heterocycles. The second-order valence-corrected chi connectivity index (χ2v) is 10.3. The van der Waals surface area contributed by atoms with Gasteiger partial charge >= 0.3 is 0 Å². The molecule has 40 heavy (non-hydrogen) atoms.